The Hall–Kier alpha value is -4.47. The Morgan fingerprint density at radius 2 is 1.73 bits per heavy atom. The van der Waals surface area contributed by atoms with Crippen molar-refractivity contribution in [3.05, 3.63) is 100.0 Å². The maximum Gasteiger partial charge on any atom is 0.269 e. The van der Waals surface area contributed by atoms with Crippen molar-refractivity contribution in [1.82, 2.24) is 25.2 Å². The number of aliphatic imine (C=N–C) groups is 1. The predicted molar refractivity (Wildman–Crippen MR) is 124 cm³/mol. The van der Waals surface area contributed by atoms with Crippen molar-refractivity contribution < 1.29 is 9.66 Å². The van der Waals surface area contributed by atoms with Crippen LogP contribution in [0.25, 0.3) is 5.65 Å². The highest BCUT2D eigenvalue weighted by Gasteiger charge is 2.08. The minimum atomic E-state index is -0.413. The molecule has 0 aliphatic heterocycles. The fourth-order valence-electron chi connectivity index (χ4n) is 3.17. The second-order valence-electron chi connectivity index (χ2n) is 7.19. The minimum Gasteiger partial charge on any atom is -0.497 e. The van der Waals surface area contributed by atoms with E-state index in [1.807, 2.05) is 53.1 Å². The van der Waals surface area contributed by atoms with Gasteiger partial charge in [0.1, 0.15) is 5.75 Å². The number of nitro benzene ring substituents is 1. The topological polar surface area (TPSA) is 119 Å². The molecule has 4 aromatic rings. The Bertz CT molecular complexity index is 1250. The standard InChI is InChI=1S/C23H23N7O3/c1-33-20-11-7-18(8-12-20)15-25-23(24-14-17-5-9-19(10-6-17)30(31)32)26-16-22-28-27-21-4-2-3-13-29(21)22/h2-13H,14-16H2,1H3,(H2,24,25,26). The fraction of sp³-hybridized carbons (Fsp3) is 0.174. The summed E-state index contributed by atoms with van der Waals surface area (Å²) < 4.78 is 7.11. The molecule has 2 heterocycles. The summed E-state index contributed by atoms with van der Waals surface area (Å²) in [7, 11) is 1.63. The number of guanidine groups is 1. The predicted octanol–water partition coefficient (Wildman–Crippen LogP) is 3.08. The first-order valence-electron chi connectivity index (χ1n) is 10.3. The highest BCUT2D eigenvalue weighted by atomic mass is 16.6. The molecule has 4 rings (SSSR count). The van der Waals surface area contributed by atoms with Gasteiger partial charge in [-0.25, -0.2) is 4.99 Å². The molecule has 0 spiro atoms. The van der Waals surface area contributed by atoms with Crippen molar-refractivity contribution in [3.63, 3.8) is 0 Å². The number of non-ortho nitro benzene ring substituents is 1. The monoisotopic (exact) mass is 445 g/mol. The lowest BCUT2D eigenvalue weighted by Crippen LogP contribution is -2.37. The van der Waals surface area contributed by atoms with Crippen molar-refractivity contribution in [2.45, 2.75) is 19.6 Å². The van der Waals surface area contributed by atoms with Gasteiger partial charge in [0.05, 0.1) is 25.1 Å². The maximum atomic E-state index is 10.9. The van der Waals surface area contributed by atoms with Gasteiger partial charge in [0.15, 0.2) is 17.4 Å². The van der Waals surface area contributed by atoms with E-state index in [0.29, 0.717) is 25.6 Å². The number of pyridine rings is 1. The fourth-order valence-corrected chi connectivity index (χ4v) is 3.17. The lowest BCUT2D eigenvalue weighted by atomic mass is 10.2. The molecule has 0 saturated carbocycles. The zero-order chi connectivity index (χ0) is 23.0. The van der Waals surface area contributed by atoms with Crippen LogP contribution in [0.2, 0.25) is 0 Å². The van der Waals surface area contributed by atoms with Crippen molar-refractivity contribution in [3.8, 4) is 5.75 Å². The quantitative estimate of drug-likeness (QED) is 0.185. The molecule has 33 heavy (non-hydrogen) atoms. The Balaban J connectivity index is 1.46. The van der Waals surface area contributed by atoms with E-state index in [1.54, 1.807) is 19.2 Å². The van der Waals surface area contributed by atoms with Crippen molar-refractivity contribution in [1.29, 1.82) is 0 Å². The molecule has 0 saturated heterocycles. The SMILES string of the molecule is COc1ccc(CN=C(NCc2ccc([N+](=O)[O-])cc2)NCc2nnc3ccccn23)cc1. The summed E-state index contributed by atoms with van der Waals surface area (Å²) in [5, 5.41) is 25.8. The van der Waals surface area contributed by atoms with Gasteiger partial charge >= 0.3 is 0 Å². The largest absolute Gasteiger partial charge is 0.497 e. The lowest BCUT2D eigenvalue weighted by molar-refractivity contribution is -0.384. The molecule has 0 bridgehead atoms. The van der Waals surface area contributed by atoms with Crippen LogP contribution in [0, 0.1) is 10.1 Å². The van der Waals surface area contributed by atoms with Gasteiger partial charge in [-0.05, 0) is 35.4 Å². The molecule has 168 valence electrons. The van der Waals surface area contributed by atoms with Gasteiger partial charge in [0.2, 0.25) is 0 Å². The molecule has 10 nitrogen and oxygen atoms in total. The second kappa shape index (κ2) is 10.2. The molecule has 0 fully saturated rings. The number of nitrogens with zero attached hydrogens (tertiary/aromatic N) is 5. The van der Waals surface area contributed by atoms with Crippen LogP contribution in [0.3, 0.4) is 0 Å². The zero-order valence-electron chi connectivity index (χ0n) is 18.0. The summed E-state index contributed by atoms with van der Waals surface area (Å²) in [5.74, 6) is 2.12. The molecule has 0 atom stereocenters. The number of benzene rings is 2. The molecule has 0 amide bonds. The van der Waals surface area contributed by atoms with Crippen LogP contribution in [0.5, 0.6) is 5.75 Å². The summed E-state index contributed by atoms with van der Waals surface area (Å²) in [4.78, 5) is 15.1. The first kappa shape index (κ1) is 21.8. The summed E-state index contributed by atoms with van der Waals surface area (Å²) in [6.07, 6.45) is 1.91. The van der Waals surface area contributed by atoms with Gasteiger partial charge in [-0.3, -0.25) is 14.5 Å². The van der Waals surface area contributed by atoms with Gasteiger partial charge in [-0.2, -0.15) is 0 Å². The molecule has 0 aliphatic rings. The molecule has 0 radical (unpaired) electrons. The van der Waals surface area contributed by atoms with Crippen molar-refractivity contribution in [2.75, 3.05) is 7.11 Å². The van der Waals surface area contributed by atoms with Gasteiger partial charge in [0, 0.05) is 24.9 Å². The number of nitro groups is 1. The van der Waals surface area contributed by atoms with Crippen LogP contribution in [0.15, 0.2) is 77.9 Å². The molecule has 0 aliphatic carbocycles. The van der Waals surface area contributed by atoms with E-state index in [1.165, 1.54) is 12.1 Å². The first-order valence-corrected chi connectivity index (χ1v) is 10.3. The second-order valence-corrected chi connectivity index (χ2v) is 7.19. The number of aromatic nitrogens is 3. The Morgan fingerprint density at radius 1 is 1.00 bits per heavy atom. The van der Waals surface area contributed by atoms with Gasteiger partial charge in [-0.1, -0.05) is 30.3 Å². The van der Waals surface area contributed by atoms with E-state index >= 15 is 0 Å². The van der Waals surface area contributed by atoms with Crippen LogP contribution in [0.1, 0.15) is 17.0 Å². The Morgan fingerprint density at radius 3 is 2.45 bits per heavy atom. The smallest absolute Gasteiger partial charge is 0.269 e. The van der Waals surface area contributed by atoms with Gasteiger partial charge < -0.3 is 15.4 Å². The summed E-state index contributed by atoms with van der Waals surface area (Å²) in [5.41, 5.74) is 2.75. The number of hydrogen-bond donors (Lipinski definition) is 2. The number of ether oxygens (including phenoxy) is 1. The summed E-state index contributed by atoms with van der Waals surface area (Å²) in [6.45, 7) is 1.33. The molecular weight excluding hydrogens is 422 g/mol. The summed E-state index contributed by atoms with van der Waals surface area (Å²) in [6, 6.07) is 19.8. The van der Waals surface area contributed by atoms with E-state index < -0.39 is 4.92 Å². The Labute approximate surface area is 190 Å². The van der Waals surface area contributed by atoms with Crippen LogP contribution in [-0.2, 0) is 19.6 Å². The zero-order valence-corrected chi connectivity index (χ0v) is 18.0. The van der Waals surface area contributed by atoms with Crippen LogP contribution < -0.4 is 15.4 Å². The number of hydrogen-bond acceptors (Lipinski definition) is 6. The highest BCUT2D eigenvalue weighted by molar-refractivity contribution is 5.79. The van der Waals surface area contributed by atoms with Crippen molar-refractivity contribution in [2.24, 2.45) is 4.99 Å². The van der Waals surface area contributed by atoms with E-state index in [2.05, 4.69) is 25.8 Å². The number of methoxy groups -OCH3 is 1. The summed E-state index contributed by atoms with van der Waals surface area (Å²) >= 11 is 0. The number of rotatable bonds is 8. The first-order chi connectivity index (χ1) is 16.1. The molecule has 0 unspecified atom stereocenters. The normalized spacial score (nSPS) is 11.4. The third-order valence-electron chi connectivity index (χ3n) is 4.98. The maximum absolute atomic E-state index is 10.9. The molecule has 2 N–H and O–H groups in total. The highest BCUT2D eigenvalue weighted by Crippen LogP contribution is 2.13. The number of nitrogens with one attached hydrogen (secondary N) is 2. The third-order valence-corrected chi connectivity index (χ3v) is 4.98. The third kappa shape index (κ3) is 5.62. The van der Waals surface area contributed by atoms with E-state index in [4.69, 9.17) is 4.74 Å². The van der Waals surface area contributed by atoms with Gasteiger partial charge in [0.25, 0.3) is 5.69 Å². The molecule has 2 aromatic heterocycles. The van der Waals surface area contributed by atoms with E-state index in [0.717, 1.165) is 28.3 Å². The van der Waals surface area contributed by atoms with Crippen LogP contribution >= 0.6 is 0 Å². The Kier molecular flexibility index (Phi) is 6.74. The number of fused-ring (bicyclic) bond motifs is 1. The van der Waals surface area contributed by atoms with E-state index in [-0.39, 0.29) is 5.69 Å². The molecule has 10 heteroatoms. The molecular formula is C23H23N7O3. The lowest BCUT2D eigenvalue weighted by Gasteiger charge is -2.12. The van der Waals surface area contributed by atoms with Crippen molar-refractivity contribution >= 4 is 17.3 Å². The minimum absolute atomic E-state index is 0.0592. The van der Waals surface area contributed by atoms with E-state index in [9.17, 15) is 10.1 Å². The van der Waals surface area contributed by atoms with Gasteiger partial charge in [-0.15, -0.1) is 10.2 Å². The average Bonchev–Trinajstić information content (AvgIpc) is 3.27. The van der Waals surface area contributed by atoms with Crippen LogP contribution in [-0.4, -0.2) is 32.6 Å². The molecule has 2 aromatic carbocycles. The van der Waals surface area contributed by atoms with Crippen LogP contribution in [0.4, 0.5) is 5.69 Å². The average molecular weight is 445 g/mol.